The summed E-state index contributed by atoms with van der Waals surface area (Å²) in [7, 11) is -2.73. The standard InChI is InChI=1S/C35H44N6O7Si/c1-4-46-49(47-5-2,48-6-3)20-19-25-7-9-26(10-8-25)36-33-39-34(37-27-11-15-29(16-12-27)42-21-31-23-44-31)41-35(40-33)38-28-13-17-30(18-14-28)43-22-32-24-45-32/h7-18,31-32H,4-6,19-24H2,1-3H3,(H3,36,37,38,39,40,41). The van der Waals surface area contributed by atoms with Gasteiger partial charge in [0.15, 0.2) is 0 Å². The Morgan fingerprint density at radius 2 is 0.959 bits per heavy atom. The predicted octanol–water partition coefficient (Wildman–Crippen LogP) is 6.25. The number of ether oxygens (including phenoxy) is 4. The number of hydrogen-bond donors (Lipinski definition) is 3. The molecule has 2 atom stereocenters. The zero-order valence-corrected chi connectivity index (χ0v) is 29.1. The lowest BCUT2D eigenvalue weighted by molar-refractivity contribution is 0.0714. The van der Waals surface area contributed by atoms with Gasteiger partial charge in [-0.2, -0.15) is 15.0 Å². The van der Waals surface area contributed by atoms with Gasteiger partial charge in [0.2, 0.25) is 17.8 Å². The van der Waals surface area contributed by atoms with Crippen LogP contribution in [0, 0.1) is 0 Å². The van der Waals surface area contributed by atoms with Crippen molar-refractivity contribution in [1.29, 1.82) is 0 Å². The number of nitrogens with one attached hydrogen (secondary N) is 3. The van der Waals surface area contributed by atoms with Crippen LogP contribution in [-0.2, 0) is 29.2 Å². The van der Waals surface area contributed by atoms with Gasteiger partial charge in [-0.3, -0.25) is 0 Å². The zero-order valence-electron chi connectivity index (χ0n) is 28.1. The van der Waals surface area contributed by atoms with E-state index in [0.29, 0.717) is 56.9 Å². The summed E-state index contributed by atoms with van der Waals surface area (Å²) in [6, 6.07) is 24.1. The number of benzene rings is 3. The van der Waals surface area contributed by atoms with Gasteiger partial charge >= 0.3 is 8.80 Å². The van der Waals surface area contributed by atoms with Crippen LogP contribution in [0.1, 0.15) is 26.3 Å². The Balaban J connectivity index is 1.14. The first kappa shape index (κ1) is 34.5. The van der Waals surface area contributed by atoms with Crippen molar-refractivity contribution in [1.82, 2.24) is 15.0 Å². The highest BCUT2D eigenvalue weighted by Crippen LogP contribution is 2.26. The van der Waals surface area contributed by atoms with Crippen molar-refractivity contribution in [2.45, 2.75) is 45.4 Å². The molecule has 2 fully saturated rings. The second-order valence-corrected chi connectivity index (χ2v) is 14.2. The first-order valence-corrected chi connectivity index (χ1v) is 18.7. The molecular weight excluding hydrogens is 645 g/mol. The SMILES string of the molecule is CCO[Si](CCc1ccc(Nc2nc(Nc3ccc(OCC4CO4)cc3)nc(Nc3ccc(OCC4CO4)cc3)n2)cc1)(OCC)OCC. The van der Waals surface area contributed by atoms with Crippen molar-refractivity contribution in [3.05, 3.63) is 78.4 Å². The van der Waals surface area contributed by atoms with Crippen LogP contribution in [0.4, 0.5) is 34.9 Å². The Morgan fingerprint density at radius 1 is 0.592 bits per heavy atom. The summed E-state index contributed by atoms with van der Waals surface area (Å²) < 4.78 is 40.1. The summed E-state index contributed by atoms with van der Waals surface area (Å²) in [6.07, 6.45) is 1.16. The Kier molecular flexibility index (Phi) is 11.9. The van der Waals surface area contributed by atoms with Gasteiger partial charge in [-0.05, 0) is 93.4 Å². The maximum absolute atomic E-state index is 6.02. The minimum atomic E-state index is -2.73. The normalized spacial score (nSPS) is 16.6. The average Bonchev–Trinajstić information content (AvgIpc) is 4.04. The molecule has 0 saturated carbocycles. The van der Waals surface area contributed by atoms with Crippen molar-refractivity contribution in [3.63, 3.8) is 0 Å². The van der Waals surface area contributed by atoms with Gasteiger partial charge in [-0.1, -0.05) is 12.1 Å². The third kappa shape index (κ3) is 10.8. The van der Waals surface area contributed by atoms with Crippen molar-refractivity contribution in [3.8, 4) is 11.5 Å². The second kappa shape index (κ2) is 16.9. The summed E-state index contributed by atoms with van der Waals surface area (Å²) in [5.41, 5.74) is 3.58. The van der Waals surface area contributed by atoms with Crippen molar-refractivity contribution in [2.75, 3.05) is 62.2 Å². The van der Waals surface area contributed by atoms with E-state index in [1.807, 2.05) is 81.4 Å². The molecule has 49 heavy (non-hydrogen) atoms. The molecule has 0 amide bonds. The molecule has 14 heteroatoms. The van der Waals surface area contributed by atoms with Gasteiger partial charge in [-0.25, -0.2) is 0 Å². The lowest BCUT2D eigenvalue weighted by Crippen LogP contribution is -2.46. The maximum Gasteiger partial charge on any atom is 0.501 e. The predicted molar refractivity (Wildman–Crippen MR) is 189 cm³/mol. The first-order chi connectivity index (χ1) is 24.0. The molecular formula is C35H44N6O7Si. The molecule has 0 spiro atoms. The Hall–Kier alpha value is -4.31. The summed E-state index contributed by atoms with van der Waals surface area (Å²) in [6.45, 7) is 10.2. The topological polar surface area (TPSA) is 146 Å². The fourth-order valence-corrected chi connectivity index (χ4v) is 7.56. The number of anilines is 6. The number of epoxide rings is 2. The molecule has 13 nitrogen and oxygen atoms in total. The molecule has 3 N–H and O–H groups in total. The summed E-state index contributed by atoms with van der Waals surface area (Å²) in [5.74, 6) is 2.64. The quantitative estimate of drug-likeness (QED) is 0.0670. The molecule has 0 radical (unpaired) electrons. The van der Waals surface area contributed by atoms with Gasteiger partial charge in [0.25, 0.3) is 0 Å². The van der Waals surface area contributed by atoms with Gasteiger partial charge in [0, 0.05) is 42.9 Å². The van der Waals surface area contributed by atoms with Crippen LogP contribution >= 0.6 is 0 Å². The van der Waals surface area contributed by atoms with E-state index in [-0.39, 0.29) is 12.2 Å². The minimum Gasteiger partial charge on any atom is -0.491 e. The van der Waals surface area contributed by atoms with Gasteiger partial charge in [0.05, 0.1) is 13.2 Å². The van der Waals surface area contributed by atoms with Crippen molar-refractivity contribution < 1.29 is 32.2 Å². The van der Waals surface area contributed by atoms with Gasteiger partial charge < -0.3 is 48.2 Å². The molecule has 2 aliphatic heterocycles. The van der Waals surface area contributed by atoms with Crippen molar-refractivity contribution >= 4 is 43.7 Å². The van der Waals surface area contributed by atoms with Crippen LogP contribution in [0.3, 0.4) is 0 Å². The van der Waals surface area contributed by atoms with Crippen LogP contribution < -0.4 is 25.4 Å². The lowest BCUT2D eigenvalue weighted by Gasteiger charge is -2.28. The fourth-order valence-electron chi connectivity index (χ4n) is 4.96. The fraction of sp³-hybridized carbons (Fsp3) is 0.400. The summed E-state index contributed by atoms with van der Waals surface area (Å²) in [5, 5.41) is 9.91. The number of nitrogens with zero attached hydrogens (tertiary/aromatic N) is 3. The zero-order chi connectivity index (χ0) is 33.9. The van der Waals surface area contributed by atoms with Crippen molar-refractivity contribution in [2.24, 2.45) is 0 Å². The largest absolute Gasteiger partial charge is 0.501 e. The minimum absolute atomic E-state index is 0.194. The van der Waals surface area contributed by atoms with E-state index in [1.54, 1.807) is 0 Å². The third-order valence-electron chi connectivity index (χ3n) is 7.56. The van der Waals surface area contributed by atoms with E-state index in [4.69, 9.17) is 32.2 Å². The van der Waals surface area contributed by atoms with E-state index in [2.05, 4.69) is 43.0 Å². The van der Waals surface area contributed by atoms with Crippen LogP contribution in [0.2, 0.25) is 6.04 Å². The summed E-state index contributed by atoms with van der Waals surface area (Å²) in [4.78, 5) is 14.0. The molecule has 3 aromatic carbocycles. The van der Waals surface area contributed by atoms with Crippen LogP contribution in [0.25, 0.3) is 0 Å². The van der Waals surface area contributed by atoms with Crippen LogP contribution in [0.15, 0.2) is 72.8 Å². The summed E-state index contributed by atoms with van der Waals surface area (Å²) >= 11 is 0. The number of rotatable bonds is 21. The average molecular weight is 689 g/mol. The number of aryl methyl sites for hydroxylation is 1. The number of aromatic nitrogens is 3. The third-order valence-corrected chi connectivity index (χ3v) is 10.6. The Labute approximate surface area is 288 Å². The number of hydrogen-bond acceptors (Lipinski definition) is 13. The van der Waals surface area contributed by atoms with Crippen LogP contribution in [-0.4, -0.2) is 82.2 Å². The van der Waals surface area contributed by atoms with E-state index >= 15 is 0 Å². The first-order valence-electron chi connectivity index (χ1n) is 16.8. The van der Waals surface area contributed by atoms with E-state index in [1.165, 1.54) is 0 Å². The molecule has 2 aliphatic rings. The van der Waals surface area contributed by atoms with E-state index < -0.39 is 8.80 Å². The molecule has 3 heterocycles. The van der Waals surface area contributed by atoms with E-state index in [9.17, 15) is 0 Å². The highest BCUT2D eigenvalue weighted by Gasteiger charge is 2.39. The second-order valence-electron chi connectivity index (χ2n) is 11.4. The molecule has 0 aliphatic carbocycles. The Morgan fingerprint density at radius 3 is 1.31 bits per heavy atom. The molecule has 2 saturated heterocycles. The smallest absolute Gasteiger partial charge is 0.491 e. The van der Waals surface area contributed by atoms with Crippen LogP contribution in [0.5, 0.6) is 11.5 Å². The highest BCUT2D eigenvalue weighted by molar-refractivity contribution is 6.60. The van der Waals surface area contributed by atoms with E-state index in [0.717, 1.165) is 53.8 Å². The Bertz CT molecular complexity index is 1510. The highest BCUT2D eigenvalue weighted by atomic mass is 28.4. The lowest BCUT2D eigenvalue weighted by atomic mass is 10.1. The molecule has 4 aromatic rings. The molecule has 2 unspecified atom stereocenters. The molecule has 260 valence electrons. The van der Waals surface area contributed by atoms with Gasteiger partial charge in [-0.15, -0.1) is 0 Å². The maximum atomic E-state index is 6.02. The molecule has 0 bridgehead atoms. The van der Waals surface area contributed by atoms with Gasteiger partial charge in [0.1, 0.15) is 36.9 Å². The monoisotopic (exact) mass is 688 g/mol. The molecule has 6 rings (SSSR count). The molecule has 1 aromatic heterocycles.